The zero-order valence-corrected chi connectivity index (χ0v) is 11.8. The van der Waals surface area contributed by atoms with Crippen molar-refractivity contribution in [2.45, 2.75) is 13.3 Å². The molecule has 0 amide bonds. The number of aryl methyl sites for hydroxylation is 1. The van der Waals surface area contributed by atoms with E-state index in [2.05, 4.69) is 29.4 Å². The van der Waals surface area contributed by atoms with Gasteiger partial charge in [-0.2, -0.15) is 0 Å². The van der Waals surface area contributed by atoms with Crippen molar-refractivity contribution in [2.24, 2.45) is 0 Å². The van der Waals surface area contributed by atoms with Gasteiger partial charge in [0.1, 0.15) is 5.69 Å². The fourth-order valence-corrected chi connectivity index (χ4v) is 2.83. The third-order valence-electron chi connectivity index (χ3n) is 3.15. The van der Waals surface area contributed by atoms with E-state index in [4.69, 9.17) is 0 Å². The minimum atomic E-state index is 0.368. The molecule has 0 radical (unpaired) electrons. The summed E-state index contributed by atoms with van der Waals surface area (Å²) in [5.41, 5.74) is 3.29. The quantitative estimate of drug-likeness (QED) is 0.690. The van der Waals surface area contributed by atoms with Crippen LogP contribution < -0.4 is 0 Å². The van der Waals surface area contributed by atoms with Gasteiger partial charge in [0, 0.05) is 0 Å². The van der Waals surface area contributed by atoms with Gasteiger partial charge in [-0.25, -0.2) is 4.68 Å². The first-order chi connectivity index (χ1) is 9.83. The van der Waals surface area contributed by atoms with Gasteiger partial charge in [0.2, 0.25) is 0 Å². The van der Waals surface area contributed by atoms with Gasteiger partial charge in [0.05, 0.1) is 10.6 Å². The van der Waals surface area contributed by atoms with Crippen molar-refractivity contribution in [3.63, 3.8) is 0 Å². The number of hydrogen-bond acceptors (Lipinski definition) is 4. The minimum absolute atomic E-state index is 0.368. The Balaban J connectivity index is 2.14. The van der Waals surface area contributed by atoms with Crippen molar-refractivity contribution < 1.29 is 4.79 Å². The number of rotatable bonds is 4. The maximum atomic E-state index is 11.2. The van der Waals surface area contributed by atoms with E-state index >= 15 is 0 Å². The third kappa shape index (κ3) is 2.16. The van der Waals surface area contributed by atoms with Crippen molar-refractivity contribution in [1.29, 1.82) is 0 Å². The lowest BCUT2D eigenvalue weighted by atomic mass is 10.1. The van der Waals surface area contributed by atoms with Gasteiger partial charge in [-0.1, -0.05) is 30.3 Å². The summed E-state index contributed by atoms with van der Waals surface area (Å²) in [6, 6.07) is 12.0. The average molecular weight is 283 g/mol. The largest absolute Gasteiger partial charge is 0.296 e. The highest BCUT2D eigenvalue weighted by molar-refractivity contribution is 7.13. The first-order valence-corrected chi connectivity index (χ1v) is 7.25. The topological polar surface area (TPSA) is 47.8 Å². The summed E-state index contributed by atoms with van der Waals surface area (Å²) in [7, 11) is 0. The Morgan fingerprint density at radius 1 is 1.25 bits per heavy atom. The van der Waals surface area contributed by atoms with Crippen molar-refractivity contribution in [3.05, 3.63) is 53.0 Å². The Labute approximate surface area is 120 Å². The minimum Gasteiger partial charge on any atom is -0.296 e. The van der Waals surface area contributed by atoms with Gasteiger partial charge in [-0.15, -0.1) is 16.4 Å². The van der Waals surface area contributed by atoms with Crippen LogP contribution in [0.5, 0.6) is 0 Å². The first kappa shape index (κ1) is 12.7. The van der Waals surface area contributed by atoms with Gasteiger partial charge in [-0.3, -0.25) is 4.79 Å². The molecule has 2 heterocycles. The molecule has 0 saturated heterocycles. The smallest absolute Gasteiger partial charge is 0.172 e. The van der Waals surface area contributed by atoms with Crippen molar-refractivity contribution in [3.8, 4) is 16.3 Å². The summed E-state index contributed by atoms with van der Waals surface area (Å²) in [6.45, 7) is 2.12. The Kier molecular flexibility index (Phi) is 3.43. The second kappa shape index (κ2) is 5.38. The van der Waals surface area contributed by atoms with Crippen LogP contribution >= 0.6 is 11.3 Å². The van der Waals surface area contributed by atoms with Crippen molar-refractivity contribution in [2.75, 3.05) is 0 Å². The summed E-state index contributed by atoms with van der Waals surface area (Å²) < 4.78 is 1.72. The zero-order chi connectivity index (χ0) is 13.9. The Morgan fingerprint density at radius 3 is 2.65 bits per heavy atom. The number of carbonyl (C=O) groups excluding carboxylic acids is 1. The van der Waals surface area contributed by atoms with Crippen LogP contribution in [0.1, 0.15) is 23.0 Å². The molecule has 1 aromatic carbocycles. The van der Waals surface area contributed by atoms with Gasteiger partial charge in [-0.05, 0) is 35.6 Å². The first-order valence-electron chi connectivity index (χ1n) is 6.37. The normalized spacial score (nSPS) is 10.7. The molecule has 0 fully saturated rings. The number of benzene rings is 1. The molecule has 3 rings (SSSR count). The van der Waals surface area contributed by atoms with Crippen LogP contribution in [0.3, 0.4) is 0 Å². The average Bonchev–Trinajstić information content (AvgIpc) is 3.15. The van der Waals surface area contributed by atoms with Gasteiger partial charge in [0.15, 0.2) is 12.0 Å². The molecule has 0 aliphatic carbocycles. The maximum absolute atomic E-state index is 11.2. The summed E-state index contributed by atoms with van der Waals surface area (Å²) in [5.74, 6) is 0. The lowest BCUT2D eigenvalue weighted by molar-refractivity contribution is 0.111. The van der Waals surface area contributed by atoms with Crippen molar-refractivity contribution >= 4 is 17.6 Å². The molecule has 0 atom stereocenters. The fourth-order valence-electron chi connectivity index (χ4n) is 2.07. The molecule has 3 aromatic rings. The summed E-state index contributed by atoms with van der Waals surface area (Å²) >= 11 is 1.57. The lowest BCUT2D eigenvalue weighted by Gasteiger charge is -2.06. The van der Waals surface area contributed by atoms with Crippen LogP contribution in [-0.2, 0) is 6.42 Å². The van der Waals surface area contributed by atoms with Crippen LogP contribution in [0, 0.1) is 0 Å². The van der Waals surface area contributed by atoms with E-state index in [1.807, 2.05) is 29.6 Å². The standard InChI is InChI=1S/C15H13N3OS/c1-2-11-5-7-12(8-6-11)18-15(13(10-19)16-17-18)14-4-3-9-20-14/h3-10H,2H2,1H3. The molecule has 2 aromatic heterocycles. The molecule has 20 heavy (non-hydrogen) atoms. The molecule has 100 valence electrons. The van der Waals surface area contributed by atoms with Crippen LogP contribution in [0.15, 0.2) is 41.8 Å². The van der Waals surface area contributed by atoms with Gasteiger partial charge >= 0.3 is 0 Å². The number of carbonyl (C=O) groups is 1. The molecule has 4 nitrogen and oxygen atoms in total. The summed E-state index contributed by atoms with van der Waals surface area (Å²) in [5, 5.41) is 10.0. The van der Waals surface area contributed by atoms with E-state index in [0.29, 0.717) is 5.69 Å². The Bertz CT molecular complexity index is 714. The molecule has 0 unspecified atom stereocenters. The maximum Gasteiger partial charge on any atom is 0.172 e. The second-order valence-electron chi connectivity index (χ2n) is 4.35. The van der Waals surface area contributed by atoms with E-state index in [1.165, 1.54) is 5.56 Å². The lowest BCUT2D eigenvalue weighted by Crippen LogP contribution is -1.99. The molecule has 0 bridgehead atoms. The number of thiophene rings is 1. The molecule has 0 aliphatic heterocycles. The van der Waals surface area contributed by atoms with E-state index in [1.54, 1.807) is 16.0 Å². The van der Waals surface area contributed by atoms with Crippen LogP contribution in [0.4, 0.5) is 0 Å². The van der Waals surface area contributed by atoms with Crippen LogP contribution in [0.2, 0.25) is 0 Å². The molecular formula is C15H13N3OS. The summed E-state index contributed by atoms with van der Waals surface area (Å²) in [4.78, 5) is 12.1. The van der Waals surface area contributed by atoms with Gasteiger partial charge < -0.3 is 0 Å². The monoisotopic (exact) mass is 283 g/mol. The predicted octanol–water partition coefficient (Wildman–Crippen LogP) is 3.37. The van der Waals surface area contributed by atoms with Crippen LogP contribution in [0.25, 0.3) is 16.3 Å². The number of aromatic nitrogens is 3. The van der Waals surface area contributed by atoms with E-state index in [0.717, 1.165) is 29.0 Å². The zero-order valence-electron chi connectivity index (χ0n) is 11.0. The van der Waals surface area contributed by atoms with E-state index < -0.39 is 0 Å². The molecular weight excluding hydrogens is 270 g/mol. The SMILES string of the molecule is CCc1ccc(-n2nnc(C=O)c2-c2cccs2)cc1. The molecule has 0 aliphatic rings. The molecule has 5 heteroatoms. The number of aldehydes is 1. The number of nitrogens with zero attached hydrogens (tertiary/aromatic N) is 3. The van der Waals surface area contributed by atoms with Crippen molar-refractivity contribution in [1.82, 2.24) is 15.0 Å². The fraction of sp³-hybridized carbons (Fsp3) is 0.133. The van der Waals surface area contributed by atoms with Gasteiger partial charge in [0.25, 0.3) is 0 Å². The molecule has 0 saturated carbocycles. The highest BCUT2D eigenvalue weighted by Gasteiger charge is 2.16. The van der Waals surface area contributed by atoms with E-state index in [9.17, 15) is 4.79 Å². The van der Waals surface area contributed by atoms with Crippen LogP contribution in [-0.4, -0.2) is 21.3 Å². The Morgan fingerprint density at radius 2 is 2.05 bits per heavy atom. The Hall–Kier alpha value is -2.27. The predicted molar refractivity (Wildman–Crippen MR) is 79.4 cm³/mol. The number of hydrogen-bond donors (Lipinski definition) is 0. The summed E-state index contributed by atoms with van der Waals surface area (Å²) in [6.07, 6.45) is 1.74. The third-order valence-corrected chi connectivity index (χ3v) is 4.03. The molecule has 0 N–H and O–H groups in total. The highest BCUT2D eigenvalue weighted by Crippen LogP contribution is 2.28. The highest BCUT2D eigenvalue weighted by atomic mass is 32.1. The second-order valence-corrected chi connectivity index (χ2v) is 5.30. The molecule has 0 spiro atoms. The van der Waals surface area contributed by atoms with E-state index in [-0.39, 0.29) is 0 Å².